The Morgan fingerprint density at radius 1 is 1.33 bits per heavy atom. The van der Waals surface area contributed by atoms with Crippen molar-refractivity contribution in [1.82, 2.24) is 0 Å². The predicted octanol–water partition coefficient (Wildman–Crippen LogP) is 2.42. The number of ether oxygens (including phenoxy) is 1. The number of unbranched alkanes of at least 4 members (excludes halogenated alkanes) is 1. The van der Waals surface area contributed by atoms with E-state index in [1.807, 2.05) is 20.8 Å². The highest BCUT2D eigenvalue weighted by Gasteiger charge is 2.15. The van der Waals surface area contributed by atoms with Gasteiger partial charge in [-0.15, -0.1) is 0 Å². The van der Waals surface area contributed by atoms with Crippen molar-refractivity contribution in [3.63, 3.8) is 0 Å². The molecule has 0 aliphatic carbocycles. The molecule has 0 aromatic rings. The Balaban J connectivity index is 3.57. The Morgan fingerprint density at radius 2 is 1.92 bits per heavy atom. The van der Waals surface area contributed by atoms with Crippen LogP contribution in [0.25, 0.3) is 0 Å². The maximum Gasteiger partial charge on any atom is 0.163 e. The lowest BCUT2D eigenvalue weighted by molar-refractivity contribution is -0.132. The molecule has 0 unspecified atom stereocenters. The molecular weight excluding hydrogens is 152 g/mol. The quantitative estimate of drug-likeness (QED) is 0.575. The van der Waals surface area contributed by atoms with E-state index in [9.17, 15) is 4.79 Å². The lowest BCUT2D eigenvalue weighted by atomic mass is 10.1. The molecule has 2 heteroatoms. The van der Waals surface area contributed by atoms with Gasteiger partial charge in [-0.2, -0.15) is 0 Å². The highest BCUT2D eigenvalue weighted by molar-refractivity contribution is 5.84. The second kappa shape index (κ2) is 6.18. The van der Waals surface area contributed by atoms with Gasteiger partial charge in [-0.05, 0) is 13.3 Å². The molecule has 0 radical (unpaired) electrons. The van der Waals surface area contributed by atoms with Gasteiger partial charge in [-0.3, -0.25) is 4.79 Å². The van der Waals surface area contributed by atoms with Crippen LogP contribution in [0.4, 0.5) is 0 Å². The number of rotatable bonds is 6. The zero-order valence-corrected chi connectivity index (χ0v) is 8.59. The molecule has 0 aromatic heterocycles. The van der Waals surface area contributed by atoms with Gasteiger partial charge in [0, 0.05) is 12.5 Å². The van der Waals surface area contributed by atoms with Crippen LogP contribution in [-0.4, -0.2) is 18.5 Å². The molecule has 0 saturated heterocycles. The van der Waals surface area contributed by atoms with E-state index in [0.29, 0.717) is 6.61 Å². The summed E-state index contributed by atoms with van der Waals surface area (Å²) >= 11 is 0. The summed E-state index contributed by atoms with van der Waals surface area (Å²) in [7, 11) is 0. The minimum atomic E-state index is -0.225. The summed E-state index contributed by atoms with van der Waals surface area (Å²) in [5, 5.41) is 0. The van der Waals surface area contributed by atoms with Crippen LogP contribution in [0.2, 0.25) is 0 Å². The summed E-state index contributed by atoms with van der Waals surface area (Å²) in [6, 6.07) is 0. The van der Waals surface area contributed by atoms with Crippen molar-refractivity contribution in [1.29, 1.82) is 0 Å². The molecule has 0 bridgehead atoms. The molecule has 0 N–H and O–H groups in total. The van der Waals surface area contributed by atoms with E-state index in [2.05, 4.69) is 6.92 Å². The van der Waals surface area contributed by atoms with Crippen molar-refractivity contribution in [2.24, 2.45) is 5.92 Å². The van der Waals surface area contributed by atoms with E-state index in [4.69, 9.17) is 4.74 Å². The Labute approximate surface area is 75.3 Å². The third-order valence-electron chi connectivity index (χ3n) is 1.84. The van der Waals surface area contributed by atoms with Gasteiger partial charge in [-0.25, -0.2) is 0 Å². The number of Topliss-reactive ketones (excluding diaryl/α,β-unsaturated/α-hetero) is 1. The topological polar surface area (TPSA) is 26.3 Å². The van der Waals surface area contributed by atoms with Crippen molar-refractivity contribution >= 4 is 5.78 Å². The summed E-state index contributed by atoms with van der Waals surface area (Å²) < 4.78 is 5.36. The molecule has 12 heavy (non-hydrogen) atoms. The number of hydrogen-bond acceptors (Lipinski definition) is 2. The molecule has 0 heterocycles. The fourth-order valence-electron chi connectivity index (χ4n) is 0.956. The van der Waals surface area contributed by atoms with Crippen LogP contribution < -0.4 is 0 Å². The van der Waals surface area contributed by atoms with Gasteiger partial charge in [0.2, 0.25) is 0 Å². The second-order valence-electron chi connectivity index (χ2n) is 3.42. The molecule has 2 nitrogen and oxygen atoms in total. The van der Waals surface area contributed by atoms with E-state index in [-0.39, 0.29) is 17.8 Å². The third kappa shape index (κ3) is 4.50. The van der Waals surface area contributed by atoms with Crippen LogP contribution >= 0.6 is 0 Å². The number of ketones is 1. The standard InChI is InChI=1S/C10H20O2/c1-5-6-7-12-9(4)10(11)8(2)3/h8-9H,5-7H2,1-4H3/t9-/m1/s1. The number of hydrogen-bond donors (Lipinski definition) is 0. The lowest BCUT2D eigenvalue weighted by Crippen LogP contribution is -2.25. The van der Waals surface area contributed by atoms with Crippen LogP contribution in [0.3, 0.4) is 0 Å². The summed E-state index contributed by atoms with van der Waals surface area (Å²) in [5.41, 5.74) is 0. The fourth-order valence-corrected chi connectivity index (χ4v) is 0.956. The first kappa shape index (κ1) is 11.6. The first-order chi connectivity index (χ1) is 5.59. The normalized spacial score (nSPS) is 13.4. The van der Waals surface area contributed by atoms with Crippen molar-refractivity contribution in [3.05, 3.63) is 0 Å². The highest BCUT2D eigenvalue weighted by atomic mass is 16.5. The Kier molecular flexibility index (Phi) is 5.99. The van der Waals surface area contributed by atoms with E-state index in [1.54, 1.807) is 0 Å². The minimum Gasteiger partial charge on any atom is -0.371 e. The molecule has 0 rings (SSSR count). The van der Waals surface area contributed by atoms with Gasteiger partial charge in [0.25, 0.3) is 0 Å². The molecule has 0 fully saturated rings. The van der Waals surface area contributed by atoms with Crippen LogP contribution in [0.1, 0.15) is 40.5 Å². The van der Waals surface area contributed by atoms with Crippen LogP contribution in [0, 0.1) is 5.92 Å². The molecular formula is C10H20O2. The third-order valence-corrected chi connectivity index (χ3v) is 1.84. The average Bonchev–Trinajstić information content (AvgIpc) is 2.03. The van der Waals surface area contributed by atoms with E-state index in [1.165, 1.54) is 0 Å². The van der Waals surface area contributed by atoms with Gasteiger partial charge in [-0.1, -0.05) is 27.2 Å². The first-order valence-electron chi connectivity index (χ1n) is 4.75. The minimum absolute atomic E-state index is 0.0848. The highest BCUT2D eigenvalue weighted by Crippen LogP contribution is 2.03. The Bertz CT molecular complexity index is 130. The summed E-state index contributed by atoms with van der Waals surface area (Å²) in [6.45, 7) is 8.45. The SMILES string of the molecule is CCCCO[C@H](C)C(=O)C(C)C. The largest absolute Gasteiger partial charge is 0.371 e. The smallest absolute Gasteiger partial charge is 0.163 e. The molecule has 72 valence electrons. The van der Waals surface area contributed by atoms with Crippen molar-refractivity contribution in [3.8, 4) is 0 Å². The molecule has 0 spiro atoms. The van der Waals surface area contributed by atoms with Crippen LogP contribution in [0.15, 0.2) is 0 Å². The van der Waals surface area contributed by atoms with Crippen LogP contribution in [-0.2, 0) is 9.53 Å². The summed E-state index contributed by atoms with van der Waals surface area (Å²) in [4.78, 5) is 11.3. The van der Waals surface area contributed by atoms with Crippen LogP contribution in [0.5, 0.6) is 0 Å². The molecule has 0 aliphatic rings. The zero-order chi connectivity index (χ0) is 9.56. The molecule has 0 amide bonds. The van der Waals surface area contributed by atoms with Gasteiger partial charge in [0.15, 0.2) is 5.78 Å². The summed E-state index contributed by atoms with van der Waals surface area (Å²) in [5.74, 6) is 0.285. The van der Waals surface area contributed by atoms with Gasteiger partial charge in [0.1, 0.15) is 6.10 Å². The lowest BCUT2D eigenvalue weighted by Gasteiger charge is -2.13. The van der Waals surface area contributed by atoms with E-state index < -0.39 is 0 Å². The first-order valence-corrected chi connectivity index (χ1v) is 4.75. The molecule has 0 aromatic carbocycles. The average molecular weight is 172 g/mol. The molecule has 0 aliphatic heterocycles. The van der Waals surface area contributed by atoms with Crippen molar-refractivity contribution in [2.75, 3.05) is 6.61 Å². The Morgan fingerprint density at radius 3 is 2.33 bits per heavy atom. The molecule has 0 saturated carbocycles. The van der Waals surface area contributed by atoms with E-state index >= 15 is 0 Å². The summed E-state index contributed by atoms with van der Waals surface area (Å²) in [6.07, 6.45) is 1.93. The Hall–Kier alpha value is -0.370. The van der Waals surface area contributed by atoms with Gasteiger partial charge >= 0.3 is 0 Å². The maximum atomic E-state index is 11.3. The van der Waals surface area contributed by atoms with Gasteiger partial charge in [0.05, 0.1) is 0 Å². The van der Waals surface area contributed by atoms with Crippen molar-refractivity contribution in [2.45, 2.75) is 46.6 Å². The van der Waals surface area contributed by atoms with E-state index in [0.717, 1.165) is 12.8 Å². The van der Waals surface area contributed by atoms with Crippen molar-refractivity contribution < 1.29 is 9.53 Å². The maximum absolute atomic E-state index is 11.3. The predicted molar refractivity (Wildman–Crippen MR) is 50.2 cm³/mol. The fraction of sp³-hybridized carbons (Fsp3) is 0.900. The number of carbonyl (C=O) groups is 1. The molecule has 1 atom stereocenters. The second-order valence-corrected chi connectivity index (χ2v) is 3.42. The zero-order valence-electron chi connectivity index (χ0n) is 8.59. The number of carbonyl (C=O) groups excluding carboxylic acids is 1. The van der Waals surface area contributed by atoms with Gasteiger partial charge < -0.3 is 4.74 Å². The monoisotopic (exact) mass is 172 g/mol.